The van der Waals surface area contributed by atoms with E-state index in [-0.39, 0.29) is 19.0 Å². The SMILES string of the molecule is COC(=O)Cn1c(=NC(=O)c2cnc3ccccc3n2)sc2cc3c(cc21)OCO3. The molecule has 10 heteroatoms. The fourth-order valence-electron chi connectivity index (χ4n) is 3.10. The highest BCUT2D eigenvalue weighted by Crippen LogP contribution is 2.37. The Morgan fingerprint density at radius 3 is 2.77 bits per heavy atom. The second kappa shape index (κ2) is 7.23. The third-order valence-electron chi connectivity index (χ3n) is 4.56. The molecule has 150 valence electrons. The van der Waals surface area contributed by atoms with Crippen LogP contribution in [0.15, 0.2) is 47.6 Å². The van der Waals surface area contributed by atoms with Crippen molar-refractivity contribution >= 4 is 44.5 Å². The number of ether oxygens (including phenoxy) is 3. The van der Waals surface area contributed by atoms with Crippen molar-refractivity contribution in [3.63, 3.8) is 0 Å². The molecule has 1 amide bonds. The number of hydrogen-bond donors (Lipinski definition) is 0. The first-order chi connectivity index (χ1) is 14.6. The van der Waals surface area contributed by atoms with Gasteiger partial charge in [0.2, 0.25) is 6.79 Å². The maximum Gasteiger partial charge on any atom is 0.325 e. The lowest BCUT2D eigenvalue weighted by molar-refractivity contribution is -0.141. The molecule has 3 heterocycles. The smallest absolute Gasteiger partial charge is 0.325 e. The fraction of sp³-hybridized carbons (Fsp3) is 0.150. The number of carbonyl (C=O) groups excluding carboxylic acids is 2. The first-order valence-corrected chi connectivity index (χ1v) is 9.74. The van der Waals surface area contributed by atoms with Gasteiger partial charge in [0.1, 0.15) is 12.2 Å². The normalized spacial score (nSPS) is 13.2. The Morgan fingerprint density at radius 2 is 1.97 bits per heavy atom. The molecule has 9 nitrogen and oxygen atoms in total. The average Bonchev–Trinajstić information content (AvgIpc) is 3.35. The van der Waals surface area contributed by atoms with Crippen molar-refractivity contribution in [2.75, 3.05) is 13.9 Å². The Labute approximate surface area is 173 Å². The van der Waals surface area contributed by atoms with E-state index in [0.29, 0.717) is 32.9 Å². The number of methoxy groups -OCH3 is 1. The quantitative estimate of drug-likeness (QED) is 0.467. The van der Waals surface area contributed by atoms with Crippen LogP contribution in [0.2, 0.25) is 0 Å². The highest BCUT2D eigenvalue weighted by atomic mass is 32.1. The Balaban J connectivity index is 1.64. The lowest BCUT2D eigenvalue weighted by Gasteiger charge is -2.04. The van der Waals surface area contributed by atoms with Crippen LogP contribution < -0.4 is 14.3 Å². The number of rotatable bonds is 3. The Hall–Kier alpha value is -3.79. The summed E-state index contributed by atoms with van der Waals surface area (Å²) >= 11 is 1.25. The van der Waals surface area contributed by atoms with Crippen molar-refractivity contribution in [3.05, 3.63) is 53.1 Å². The van der Waals surface area contributed by atoms with Gasteiger partial charge in [0.05, 0.1) is 34.6 Å². The number of para-hydroxylation sites is 2. The molecule has 1 aliphatic rings. The lowest BCUT2D eigenvalue weighted by atomic mass is 10.3. The predicted octanol–water partition coefficient (Wildman–Crippen LogP) is 2.29. The topological polar surface area (TPSA) is 105 Å². The summed E-state index contributed by atoms with van der Waals surface area (Å²) in [7, 11) is 1.30. The molecular formula is C20H14N4O5S. The van der Waals surface area contributed by atoms with E-state index in [4.69, 9.17) is 14.2 Å². The highest BCUT2D eigenvalue weighted by Gasteiger charge is 2.19. The number of amides is 1. The summed E-state index contributed by atoms with van der Waals surface area (Å²) in [5, 5.41) is 0. The second-order valence-corrected chi connectivity index (χ2v) is 7.39. The van der Waals surface area contributed by atoms with E-state index in [1.165, 1.54) is 24.6 Å². The zero-order chi connectivity index (χ0) is 20.7. The Morgan fingerprint density at radius 1 is 1.20 bits per heavy atom. The molecule has 0 spiro atoms. The van der Waals surface area contributed by atoms with Crippen LogP contribution >= 0.6 is 11.3 Å². The van der Waals surface area contributed by atoms with Crippen LogP contribution in [0.4, 0.5) is 0 Å². The van der Waals surface area contributed by atoms with Crippen LogP contribution in [0.5, 0.6) is 11.5 Å². The van der Waals surface area contributed by atoms with Gasteiger partial charge in [-0.2, -0.15) is 4.99 Å². The van der Waals surface area contributed by atoms with Crippen LogP contribution in [-0.2, 0) is 16.1 Å². The van der Waals surface area contributed by atoms with Crippen molar-refractivity contribution in [1.29, 1.82) is 0 Å². The second-order valence-electron chi connectivity index (χ2n) is 6.38. The molecule has 5 rings (SSSR count). The van der Waals surface area contributed by atoms with E-state index in [9.17, 15) is 9.59 Å². The van der Waals surface area contributed by atoms with Crippen LogP contribution in [0, 0.1) is 0 Å². The largest absolute Gasteiger partial charge is 0.468 e. The van der Waals surface area contributed by atoms with E-state index in [2.05, 4.69) is 15.0 Å². The summed E-state index contributed by atoms with van der Waals surface area (Å²) in [6.45, 7) is 0.0333. The minimum atomic E-state index is -0.557. The molecule has 0 N–H and O–H groups in total. The third-order valence-corrected chi connectivity index (χ3v) is 5.60. The summed E-state index contributed by atoms with van der Waals surface area (Å²) in [6.07, 6.45) is 1.39. The summed E-state index contributed by atoms with van der Waals surface area (Å²) in [4.78, 5) is 37.9. The van der Waals surface area contributed by atoms with Gasteiger partial charge >= 0.3 is 5.97 Å². The van der Waals surface area contributed by atoms with E-state index >= 15 is 0 Å². The summed E-state index contributed by atoms with van der Waals surface area (Å²) in [5.41, 5.74) is 2.09. The molecular weight excluding hydrogens is 408 g/mol. The summed E-state index contributed by atoms with van der Waals surface area (Å²) in [5.74, 6) is 0.148. The number of benzene rings is 2. The zero-order valence-electron chi connectivity index (χ0n) is 15.7. The van der Waals surface area contributed by atoms with Crippen molar-refractivity contribution in [1.82, 2.24) is 14.5 Å². The molecule has 0 fully saturated rings. The van der Waals surface area contributed by atoms with Gasteiger partial charge in [0.25, 0.3) is 5.91 Å². The molecule has 1 aliphatic heterocycles. The third kappa shape index (κ3) is 3.16. The van der Waals surface area contributed by atoms with E-state index in [0.717, 1.165) is 4.70 Å². The maximum absolute atomic E-state index is 12.8. The van der Waals surface area contributed by atoms with Gasteiger partial charge in [-0.3, -0.25) is 14.6 Å². The van der Waals surface area contributed by atoms with Crippen molar-refractivity contribution < 1.29 is 23.8 Å². The molecule has 0 bridgehead atoms. The molecule has 2 aromatic heterocycles. The van der Waals surface area contributed by atoms with Gasteiger partial charge in [0.15, 0.2) is 16.3 Å². The number of esters is 1. The summed E-state index contributed by atoms with van der Waals surface area (Å²) in [6, 6.07) is 10.8. The van der Waals surface area contributed by atoms with Crippen LogP contribution in [0.1, 0.15) is 10.5 Å². The van der Waals surface area contributed by atoms with Gasteiger partial charge in [-0.1, -0.05) is 23.5 Å². The number of thiazole rings is 1. The molecule has 0 saturated carbocycles. The molecule has 0 radical (unpaired) electrons. The predicted molar refractivity (Wildman–Crippen MR) is 107 cm³/mol. The lowest BCUT2D eigenvalue weighted by Crippen LogP contribution is -2.22. The molecule has 30 heavy (non-hydrogen) atoms. The Bertz CT molecular complexity index is 1390. The van der Waals surface area contributed by atoms with Gasteiger partial charge in [0, 0.05) is 12.1 Å². The van der Waals surface area contributed by atoms with Crippen molar-refractivity contribution in [2.24, 2.45) is 4.99 Å². The van der Waals surface area contributed by atoms with Gasteiger partial charge in [-0.05, 0) is 12.1 Å². The van der Waals surface area contributed by atoms with Crippen LogP contribution in [-0.4, -0.2) is 40.3 Å². The van der Waals surface area contributed by atoms with Crippen molar-refractivity contribution in [3.8, 4) is 11.5 Å². The van der Waals surface area contributed by atoms with Crippen LogP contribution in [0.25, 0.3) is 21.3 Å². The van der Waals surface area contributed by atoms with E-state index in [1.807, 2.05) is 18.2 Å². The van der Waals surface area contributed by atoms with E-state index < -0.39 is 11.9 Å². The fourth-order valence-corrected chi connectivity index (χ4v) is 4.13. The summed E-state index contributed by atoms with van der Waals surface area (Å²) < 4.78 is 18.0. The number of carbonyl (C=O) groups is 2. The van der Waals surface area contributed by atoms with Gasteiger partial charge < -0.3 is 18.8 Å². The minimum absolute atomic E-state index is 0.105. The number of fused-ring (bicyclic) bond motifs is 3. The number of aromatic nitrogens is 3. The maximum atomic E-state index is 12.8. The monoisotopic (exact) mass is 422 g/mol. The van der Waals surface area contributed by atoms with Gasteiger partial charge in [-0.15, -0.1) is 0 Å². The molecule has 0 saturated heterocycles. The minimum Gasteiger partial charge on any atom is -0.468 e. The van der Waals surface area contributed by atoms with E-state index in [1.54, 1.807) is 22.8 Å². The van der Waals surface area contributed by atoms with Gasteiger partial charge in [-0.25, -0.2) is 4.98 Å². The molecule has 0 aliphatic carbocycles. The molecule has 0 unspecified atom stereocenters. The van der Waals surface area contributed by atoms with Crippen molar-refractivity contribution in [2.45, 2.75) is 6.54 Å². The molecule has 0 atom stereocenters. The Kier molecular flexibility index (Phi) is 4.40. The number of nitrogens with zero attached hydrogens (tertiary/aromatic N) is 4. The first kappa shape index (κ1) is 18.3. The zero-order valence-corrected chi connectivity index (χ0v) is 16.5. The standard InChI is InChI=1S/C20H14N4O5S/c1-27-18(25)9-24-14-6-15-16(29-10-28-15)7-17(14)30-20(24)23-19(26)13-8-21-11-4-2-3-5-12(11)22-13/h2-8H,9-10H2,1H3. The first-order valence-electron chi connectivity index (χ1n) is 8.93. The number of hydrogen-bond acceptors (Lipinski definition) is 8. The highest BCUT2D eigenvalue weighted by molar-refractivity contribution is 7.16. The van der Waals surface area contributed by atoms with Crippen LogP contribution in [0.3, 0.4) is 0 Å². The average molecular weight is 422 g/mol. The molecule has 2 aromatic carbocycles. The molecule has 4 aromatic rings.